The van der Waals surface area contributed by atoms with Crippen molar-refractivity contribution in [3.8, 4) is 22.6 Å². The molecule has 0 saturated carbocycles. The number of anilines is 3. The monoisotopic (exact) mass is 585 g/mol. The van der Waals surface area contributed by atoms with Crippen LogP contribution in [0.25, 0.3) is 43.4 Å². The van der Waals surface area contributed by atoms with Crippen LogP contribution in [0, 0.1) is 0 Å². The van der Waals surface area contributed by atoms with Crippen molar-refractivity contribution in [2.45, 2.75) is 0 Å². The molecule has 0 spiro atoms. The summed E-state index contributed by atoms with van der Waals surface area (Å²) in [5, 5.41) is 7.20. The highest BCUT2D eigenvalue weighted by molar-refractivity contribution is 6.25. The van der Waals surface area contributed by atoms with Crippen LogP contribution in [0.4, 0.5) is 17.1 Å². The third-order valence-electron chi connectivity index (χ3n) is 7.92. The van der Waals surface area contributed by atoms with Gasteiger partial charge >= 0.3 is 11.9 Å². The van der Waals surface area contributed by atoms with Gasteiger partial charge in [0.25, 0.3) is 0 Å². The van der Waals surface area contributed by atoms with E-state index in [0.29, 0.717) is 11.5 Å². The predicted molar refractivity (Wildman–Crippen MR) is 182 cm³/mol. The summed E-state index contributed by atoms with van der Waals surface area (Å²) in [7, 11) is 0. The van der Waals surface area contributed by atoms with Gasteiger partial charge in [0.05, 0.1) is 5.69 Å². The fraction of sp³-hybridized carbons (Fsp3) is 0. The Labute approximate surface area is 260 Å². The second-order valence-electron chi connectivity index (χ2n) is 10.6. The van der Waals surface area contributed by atoms with Crippen LogP contribution >= 0.6 is 0 Å². The maximum Gasteiger partial charge on any atom is 0.335 e. The molecule has 0 aromatic heterocycles. The number of esters is 2. The molecule has 0 unspecified atom stereocenters. The highest BCUT2D eigenvalue weighted by Gasteiger charge is 2.19. The predicted octanol–water partition coefficient (Wildman–Crippen LogP) is 9.90. The average molecular weight is 586 g/mol. The van der Waals surface area contributed by atoms with E-state index in [1.807, 2.05) is 24.3 Å². The highest BCUT2D eigenvalue weighted by Crippen LogP contribution is 2.44. The van der Waals surface area contributed by atoms with E-state index in [2.05, 4.69) is 96.9 Å². The molecule has 0 aliphatic carbocycles. The zero-order valence-electron chi connectivity index (χ0n) is 24.3. The first kappa shape index (κ1) is 27.6. The number of carbonyl (C=O) groups excluding carboxylic acids is 2. The lowest BCUT2D eigenvalue weighted by Crippen LogP contribution is -2.11. The molecule has 0 aliphatic rings. The molecule has 0 amide bonds. The second-order valence-corrected chi connectivity index (χ2v) is 10.6. The Morgan fingerprint density at radius 2 is 0.956 bits per heavy atom. The van der Waals surface area contributed by atoms with Crippen LogP contribution in [-0.2, 0) is 9.59 Å². The molecular formula is C40H27NO4. The SMILES string of the molecule is C=CC(=O)Oc1ccc(-c2ccc(N(c3ccc(OC(=O)C=C)cc3)c3ccc4ccc5cccc6ccc3c4c56)cc2)cc1. The van der Waals surface area contributed by atoms with Crippen molar-refractivity contribution in [3.63, 3.8) is 0 Å². The number of benzene rings is 7. The summed E-state index contributed by atoms with van der Waals surface area (Å²) in [5.74, 6) is -0.0982. The Hall–Kier alpha value is -6.20. The Kier molecular flexibility index (Phi) is 7.04. The minimum absolute atomic E-state index is 0.441. The van der Waals surface area contributed by atoms with Crippen molar-refractivity contribution in [1.82, 2.24) is 0 Å². The highest BCUT2D eigenvalue weighted by atomic mass is 16.5. The van der Waals surface area contributed by atoms with Crippen LogP contribution < -0.4 is 14.4 Å². The van der Waals surface area contributed by atoms with Crippen LogP contribution in [0.3, 0.4) is 0 Å². The lowest BCUT2D eigenvalue weighted by molar-refractivity contribution is -0.129. The zero-order chi connectivity index (χ0) is 30.9. The van der Waals surface area contributed by atoms with E-state index in [1.54, 1.807) is 24.3 Å². The van der Waals surface area contributed by atoms with Gasteiger partial charge in [-0.15, -0.1) is 0 Å². The molecule has 5 heteroatoms. The maximum atomic E-state index is 11.8. The van der Waals surface area contributed by atoms with Gasteiger partial charge in [-0.2, -0.15) is 0 Å². The summed E-state index contributed by atoms with van der Waals surface area (Å²) in [5.41, 5.74) is 4.90. The smallest absolute Gasteiger partial charge is 0.335 e. The van der Waals surface area contributed by atoms with Gasteiger partial charge in [0.15, 0.2) is 0 Å². The second kappa shape index (κ2) is 11.5. The van der Waals surface area contributed by atoms with E-state index in [0.717, 1.165) is 45.7 Å². The molecule has 0 fully saturated rings. The largest absolute Gasteiger partial charge is 0.423 e. The van der Waals surface area contributed by atoms with Crippen LogP contribution in [0.2, 0.25) is 0 Å². The average Bonchev–Trinajstić information content (AvgIpc) is 3.09. The van der Waals surface area contributed by atoms with Gasteiger partial charge in [-0.1, -0.05) is 86.0 Å². The molecule has 0 N–H and O–H groups in total. The van der Waals surface area contributed by atoms with Crippen LogP contribution in [-0.4, -0.2) is 11.9 Å². The normalized spacial score (nSPS) is 11.0. The van der Waals surface area contributed by atoms with E-state index in [-0.39, 0.29) is 0 Å². The topological polar surface area (TPSA) is 55.8 Å². The zero-order valence-corrected chi connectivity index (χ0v) is 24.3. The molecule has 7 aromatic carbocycles. The van der Waals surface area contributed by atoms with E-state index >= 15 is 0 Å². The number of hydrogen-bond donors (Lipinski definition) is 0. The van der Waals surface area contributed by atoms with Crippen molar-refractivity contribution >= 4 is 61.3 Å². The van der Waals surface area contributed by atoms with Crippen molar-refractivity contribution in [2.24, 2.45) is 0 Å². The molecule has 0 heterocycles. The summed E-state index contributed by atoms with van der Waals surface area (Å²) in [6.45, 7) is 6.93. The molecule has 0 radical (unpaired) electrons. The maximum absolute atomic E-state index is 11.8. The molecule has 0 atom stereocenters. The standard InChI is InChI=1S/C40H27NO4/c1-3-37(42)44-33-20-12-27(13-21-33)26-10-16-31(17-11-26)41(32-18-22-34(23-19-32)45-38(43)4-2)36-25-15-30-9-8-28-6-5-7-29-14-24-35(36)40(30)39(28)29/h3-25H,1-2H2. The van der Waals surface area contributed by atoms with Crippen LogP contribution in [0.1, 0.15) is 0 Å². The van der Waals surface area contributed by atoms with Crippen molar-refractivity contribution in [2.75, 3.05) is 4.90 Å². The van der Waals surface area contributed by atoms with Gasteiger partial charge in [0, 0.05) is 28.9 Å². The third kappa shape index (κ3) is 5.17. The fourth-order valence-electron chi connectivity index (χ4n) is 5.84. The van der Waals surface area contributed by atoms with Crippen molar-refractivity contribution in [1.29, 1.82) is 0 Å². The van der Waals surface area contributed by atoms with Gasteiger partial charge in [0.2, 0.25) is 0 Å². The Morgan fingerprint density at radius 3 is 1.51 bits per heavy atom. The molecule has 216 valence electrons. The third-order valence-corrected chi connectivity index (χ3v) is 7.92. The minimum Gasteiger partial charge on any atom is -0.423 e. The summed E-state index contributed by atoms with van der Waals surface area (Å²) < 4.78 is 10.6. The lowest BCUT2D eigenvalue weighted by Gasteiger charge is -2.28. The lowest BCUT2D eigenvalue weighted by atomic mass is 9.93. The number of nitrogens with zero attached hydrogens (tertiary/aromatic N) is 1. The quantitative estimate of drug-likeness (QED) is 0.0769. The van der Waals surface area contributed by atoms with Gasteiger partial charge in [-0.3, -0.25) is 0 Å². The minimum atomic E-state index is -0.506. The van der Waals surface area contributed by atoms with E-state index in [4.69, 9.17) is 9.47 Å². The van der Waals surface area contributed by atoms with Crippen molar-refractivity contribution < 1.29 is 19.1 Å². The van der Waals surface area contributed by atoms with Gasteiger partial charge < -0.3 is 14.4 Å². The van der Waals surface area contributed by atoms with Gasteiger partial charge in [-0.25, -0.2) is 9.59 Å². The Balaban J connectivity index is 1.34. The molecular weight excluding hydrogens is 558 g/mol. The number of rotatable bonds is 8. The molecule has 0 bridgehead atoms. The Bertz CT molecular complexity index is 2200. The van der Waals surface area contributed by atoms with Crippen LogP contribution in [0.5, 0.6) is 11.5 Å². The number of ether oxygens (including phenoxy) is 2. The van der Waals surface area contributed by atoms with Crippen molar-refractivity contribution in [3.05, 3.63) is 153 Å². The van der Waals surface area contributed by atoms with Gasteiger partial charge in [-0.05, 0) is 92.7 Å². The molecule has 7 aromatic rings. The molecule has 45 heavy (non-hydrogen) atoms. The Morgan fingerprint density at radius 1 is 0.511 bits per heavy atom. The number of hydrogen-bond acceptors (Lipinski definition) is 5. The van der Waals surface area contributed by atoms with E-state index in [1.165, 1.54) is 26.9 Å². The van der Waals surface area contributed by atoms with E-state index < -0.39 is 11.9 Å². The number of carbonyl (C=O) groups is 2. The first-order valence-corrected chi connectivity index (χ1v) is 14.5. The fourth-order valence-corrected chi connectivity index (χ4v) is 5.84. The summed E-state index contributed by atoms with van der Waals surface area (Å²) in [6, 6.07) is 42.6. The summed E-state index contributed by atoms with van der Waals surface area (Å²) in [4.78, 5) is 25.6. The molecule has 0 aliphatic heterocycles. The molecule has 0 saturated heterocycles. The van der Waals surface area contributed by atoms with E-state index in [9.17, 15) is 9.59 Å². The van der Waals surface area contributed by atoms with Gasteiger partial charge in [0.1, 0.15) is 11.5 Å². The molecule has 5 nitrogen and oxygen atoms in total. The first-order chi connectivity index (χ1) is 22.0. The molecule has 7 rings (SSSR count). The summed E-state index contributed by atoms with van der Waals surface area (Å²) in [6.07, 6.45) is 2.29. The first-order valence-electron chi connectivity index (χ1n) is 14.5. The summed E-state index contributed by atoms with van der Waals surface area (Å²) >= 11 is 0. The van der Waals surface area contributed by atoms with Crippen LogP contribution in [0.15, 0.2) is 153 Å².